The van der Waals surface area contributed by atoms with Gasteiger partial charge < -0.3 is 9.80 Å². The second-order valence-electron chi connectivity index (χ2n) is 14.6. The van der Waals surface area contributed by atoms with Crippen molar-refractivity contribution in [2.75, 3.05) is 9.80 Å². The summed E-state index contributed by atoms with van der Waals surface area (Å²) in [6, 6.07) is 87.2. The second kappa shape index (κ2) is 15.5. The third kappa shape index (κ3) is 6.89. The number of benzene rings is 10. The van der Waals surface area contributed by atoms with Crippen LogP contribution in [0.5, 0.6) is 0 Å². The maximum atomic E-state index is 2.36. The SMILES string of the molecule is c1ccc(-c2ccc(N(c3ccccc3)c3ccc(-c4ccc(N(c5ccc(-c6ccccc6)cc5)c5ccc6ccc7ccccc7c6c5)cc4)cc3)cc2)cc1. The lowest BCUT2D eigenvalue weighted by Crippen LogP contribution is -2.10. The van der Waals surface area contributed by atoms with E-state index in [2.05, 4.69) is 252 Å². The molecule has 10 aromatic rings. The summed E-state index contributed by atoms with van der Waals surface area (Å²) in [5.74, 6) is 0. The predicted molar refractivity (Wildman–Crippen MR) is 247 cm³/mol. The van der Waals surface area contributed by atoms with Gasteiger partial charge >= 0.3 is 0 Å². The van der Waals surface area contributed by atoms with Crippen LogP contribution in [0.2, 0.25) is 0 Å². The zero-order valence-corrected chi connectivity index (χ0v) is 32.0. The third-order valence-electron chi connectivity index (χ3n) is 11.1. The van der Waals surface area contributed by atoms with E-state index < -0.39 is 0 Å². The molecule has 0 bridgehead atoms. The quantitative estimate of drug-likeness (QED) is 0.136. The van der Waals surface area contributed by atoms with E-state index in [1.165, 1.54) is 49.4 Å². The Hall–Kier alpha value is -7.68. The Morgan fingerprint density at radius 1 is 0.190 bits per heavy atom. The molecule has 10 aromatic carbocycles. The van der Waals surface area contributed by atoms with Gasteiger partial charge in [-0.1, -0.05) is 170 Å². The molecule has 0 unspecified atom stereocenters. The van der Waals surface area contributed by atoms with Crippen LogP contribution >= 0.6 is 0 Å². The Morgan fingerprint density at radius 3 is 0.931 bits per heavy atom. The number of fused-ring (bicyclic) bond motifs is 3. The second-order valence-corrected chi connectivity index (χ2v) is 14.6. The van der Waals surface area contributed by atoms with Crippen molar-refractivity contribution in [3.8, 4) is 33.4 Å². The molecule has 0 radical (unpaired) electrons. The van der Waals surface area contributed by atoms with Gasteiger partial charge in [-0.15, -0.1) is 0 Å². The van der Waals surface area contributed by atoms with E-state index in [1.807, 2.05) is 0 Å². The van der Waals surface area contributed by atoms with Crippen molar-refractivity contribution in [3.63, 3.8) is 0 Å². The molecule has 0 aliphatic heterocycles. The summed E-state index contributed by atoms with van der Waals surface area (Å²) in [4.78, 5) is 4.68. The molecular formula is C56H40N2. The zero-order valence-electron chi connectivity index (χ0n) is 32.0. The first-order chi connectivity index (χ1) is 28.7. The number of para-hydroxylation sites is 1. The fraction of sp³-hybridized carbons (Fsp3) is 0. The van der Waals surface area contributed by atoms with Crippen molar-refractivity contribution in [3.05, 3.63) is 243 Å². The molecule has 58 heavy (non-hydrogen) atoms. The molecule has 2 nitrogen and oxygen atoms in total. The highest BCUT2D eigenvalue weighted by atomic mass is 15.1. The zero-order chi connectivity index (χ0) is 38.7. The first kappa shape index (κ1) is 34.8. The topological polar surface area (TPSA) is 6.48 Å². The molecule has 0 N–H and O–H groups in total. The molecule has 0 amide bonds. The Balaban J connectivity index is 0.989. The molecule has 0 aliphatic rings. The summed E-state index contributed by atoms with van der Waals surface area (Å²) in [5.41, 5.74) is 13.8. The van der Waals surface area contributed by atoms with Crippen molar-refractivity contribution < 1.29 is 0 Å². The number of rotatable bonds is 9. The average molecular weight is 741 g/mol. The summed E-state index contributed by atoms with van der Waals surface area (Å²) in [6.07, 6.45) is 0. The fourth-order valence-corrected chi connectivity index (χ4v) is 8.07. The van der Waals surface area contributed by atoms with Crippen LogP contribution in [-0.4, -0.2) is 0 Å². The summed E-state index contributed by atoms with van der Waals surface area (Å²) in [6.45, 7) is 0. The van der Waals surface area contributed by atoms with Crippen LogP contribution in [0.1, 0.15) is 0 Å². The van der Waals surface area contributed by atoms with Gasteiger partial charge in [0, 0.05) is 34.1 Å². The van der Waals surface area contributed by atoms with Crippen molar-refractivity contribution in [2.24, 2.45) is 0 Å². The monoisotopic (exact) mass is 740 g/mol. The standard InChI is InChI=1S/C56H40N2/c1-4-12-41(13-5-1)43-22-31-50(32-23-43)57(49-17-8-3-9-18-49)51-33-26-45(27-34-51)46-28-37-53(38-29-46)58(52-35-24-44(25-36-52)42-14-6-2-7-15-42)54-39-30-48-21-20-47-16-10-11-19-55(47)56(48)40-54/h1-40H. The van der Waals surface area contributed by atoms with Gasteiger partial charge in [0.1, 0.15) is 0 Å². The lowest BCUT2D eigenvalue weighted by atomic mass is 10.0. The Morgan fingerprint density at radius 2 is 0.483 bits per heavy atom. The third-order valence-corrected chi connectivity index (χ3v) is 11.1. The minimum Gasteiger partial charge on any atom is -0.311 e. The highest BCUT2D eigenvalue weighted by Gasteiger charge is 2.16. The van der Waals surface area contributed by atoms with Crippen LogP contribution in [-0.2, 0) is 0 Å². The van der Waals surface area contributed by atoms with Crippen LogP contribution in [0.15, 0.2) is 243 Å². The largest absolute Gasteiger partial charge is 0.311 e. The molecule has 0 aromatic heterocycles. The van der Waals surface area contributed by atoms with E-state index >= 15 is 0 Å². The van der Waals surface area contributed by atoms with Crippen LogP contribution < -0.4 is 9.80 Å². The normalized spacial score (nSPS) is 11.1. The first-order valence-corrected chi connectivity index (χ1v) is 19.8. The highest BCUT2D eigenvalue weighted by molar-refractivity contribution is 6.09. The summed E-state index contributed by atoms with van der Waals surface area (Å²) in [5, 5.41) is 4.98. The van der Waals surface area contributed by atoms with Crippen LogP contribution in [0.3, 0.4) is 0 Å². The number of nitrogens with zero attached hydrogens (tertiary/aromatic N) is 2. The fourth-order valence-electron chi connectivity index (χ4n) is 8.07. The van der Waals surface area contributed by atoms with Crippen molar-refractivity contribution in [2.45, 2.75) is 0 Å². The molecule has 0 saturated heterocycles. The maximum absolute atomic E-state index is 2.36. The van der Waals surface area contributed by atoms with Gasteiger partial charge in [-0.25, -0.2) is 0 Å². The minimum absolute atomic E-state index is 1.10. The van der Waals surface area contributed by atoms with Gasteiger partial charge in [-0.05, 0) is 128 Å². The lowest BCUT2D eigenvalue weighted by molar-refractivity contribution is 1.28. The number of anilines is 6. The van der Waals surface area contributed by atoms with Gasteiger partial charge in [-0.2, -0.15) is 0 Å². The van der Waals surface area contributed by atoms with E-state index in [4.69, 9.17) is 0 Å². The molecule has 0 atom stereocenters. The molecule has 0 fully saturated rings. The van der Waals surface area contributed by atoms with Crippen molar-refractivity contribution in [1.29, 1.82) is 0 Å². The van der Waals surface area contributed by atoms with Crippen LogP contribution in [0.4, 0.5) is 34.1 Å². The van der Waals surface area contributed by atoms with Gasteiger partial charge in [0.15, 0.2) is 0 Å². The smallest absolute Gasteiger partial charge is 0.0468 e. The molecule has 0 heterocycles. The van der Waals surface area contributed by atoms with E-state index in [0.717, 1.165) is 39.7 Å². The van der Waals surface area contributed by atoms with Gasteiger partial charge in [0.05, 0.1) is 0 Å². The molecular weight excluding hydrogens is 701 g/mol. The molecule has 2 heteroatoms. The maximum Gasteiger partial charge on any atom is 0.0468 e. The minimum atomic E-state index is 1.10. The molecule has 10 rings (SSSR count). The Kier molecular flexibility index (Phi) is 9.27. The van der Waals surface area contributed by atoms with Crippen molar-refractivity contribution >= 4 is 55.7 Å². The lowest BCUT2D eigenvalue weighted by Gasteiger charge is -2.27. The van der Waals surface area contributed by atoms with Crippen LogP contribution in [0, 0.1) is 0 Å². The first-order valence-electron chi connectivity index (χ1n) is 19.8. The Bertz CT molecular complexity index is 2940. The number of hydrogen-bond donors (Lipinski definition) is 0. The average Bonchev–Trinajstić information content (AvgIpc) is 3.31. The molecule has 0 saturated carbocycles. The van der Waals surface area contributed by atoms with E-state index in [0.29, 0.717) is 0 Å². The highest BCUT2D eigenvalue weighted by Crippen LogP contribution is 2.40. The predicted octanol–water partition coefficient (Wildman–Crippen LogP) is 15.9. The summed E-state index contributed by atoms with van der Waals surface area (Å²) in [7, 11) is 0. The number of hydrogen-bond acceptors (Lipinski definition) is 2. The van der Waals surface area contributed by atoms with E-state index in [1.54, 1.807) is 0 Å². The van der Waals surface area contributed by atoms with Crippen molar-refractivity contribution in [1.82, 2.24) is 0 Å². The van der Waals surface area contributed by atoms with Crippen LogP contribution in [0.25, 0.3) is 54.9 Å². The van der Waals surface area contributed by atoms with Gasteiger partial charge in [-0.3, -0.25) is 0 Å². The molecule has 274 valence electrons. The summed E-state index contributed by atoms with van der Waals surface area (Å²) >= 11 is 0. The molecule has 0 spiro atoms. The Labute approximate surface area is 340 Å². The molecule has 0 aliphatic carbocycles. The van der Waals surface area contributed by atoms with Gasteiger partial charge in [0.25, 0.3) is 0 Å². The summed E-state index contributed by atoms with van der Waals surface area (Å²) < 4.78 is 0. The van der Waals surface area contributed by atoms with E-state index in [9.17, 15) is 0 Å². The van der Waals surface area contributed by atoms with Gasteiger partial charge in [0.2, 0.25) is 0 Å². The van der Waals surface area contributed by atoms with E-state index in [-0.39, 0.29) is 0 Å².